The predicted octanol–water partition coefficient (Wildman–Crippen LogP) is 3.59. The summed E-state index contributed by atoms with van der Waals surface area (Å²) in [5.74, 6) is -2.23. The third-order valence-electron chi connectivity index (χ3n) is 4.46. The molecule has 0 aliphatic rings. The first-order valence-electron chi connectivity index (χ1n) is 8.84. The van der Waals surface area contributed by atoms with Crippen molar-refractivity contribution in [3.05, 3.63) is 106 Å². The number of carbonyl (C=O) groups excluding carboxylic acids is 1. The minimum absolute atomic E-state index is 0.101. The molecule has 3 aromatic carbocycles. The van der Waals surface area contributed by atoms with Gasteiger partial charge in [-0.2, -0.15) is 5.10 Å². The van der Waals surface area contributed by atoms with Crippen LogP contribution in [0.5, 0.6) is 0 Å². The molecule has 0 unspecified atom stereocenters. The van der Waals surface area contributed by atoms with Gasteiger partial charge in [0.2, 0.25) is 5.43 Å². The Bertz CT molecular complexity index is 1270. The van der Waals surface area contributed by atoms with E-state index >= 15 is 0 Å². The molecule has 1 N–H and O–H groups in total. The molecule has 29 heavy (non-hydrogen) atoms. The molecule has 1 amide bonds. The Kier molecular flexibility index (Phi) is 4.87. The van der Waals surface area contributed by atoms with Crippen LogP contribution in [0.3, 0.4) is 0 Å². The molecule has 5 nitrogen and oxygen atoms in total. The summed E-state index contributed by atoms with van der Waals surface area (Å²) in [4.78, 5) is 25.5. The average molecular weight is 391 g/mol. The van der Waals surface area contributed by atoms with Gasteiger partial charge >= 0.3 is 0 Å². The number of para-hydroxylation sites is 2. The number of nitrogens with zero attached hydrogens (tertiary/aromatic N) is 2. The summed E-state index contributed by atoms with van der Waals surface area (Å²) in [6.45, 7) is -0.204. The maximum absolute atomic E-state index is 13.8. The molecular weight excluding hydrogens is 376 g/mol. The average Bonchev–Trinajstić information content (AvgIpc) is 2.74. The summed E-state index contributed by atoms with van der Waals surface area (Å²) in [6.07, 6.45) is 0. The maximum Gasteiger partial charge on any atom is 0.276 e. The zero-order valence-corrected chi connectivity index (χ0v) is 15.1. The van der Waals surface area contributed by atoms with Crippen molar-refractivity contribution in [3.8, 4) is 5.69 Å². The summed E-state index contributed by atoms with van der Waals surface area (Å²) < 4.78 is 28.4. The Morgan fingerprint density at radius 3 is 2.45 bits per heavy atom. The second kappa shape index (κ2) is 7.63. The molecule has 1 heterocycles. The van der Waals surface area contributed by atoms with E-state index in [4.69, 9.17) is 0 Å². The number of benzene rings is 3. The minimum atomic E-state index is -0.779. The van der Waals surface area contributed by atoms with Crippen LogP contribution in [0, 0.1) is 11.6 Å². The highest BCUT2D eigenvalue weighted by Crippen LogP contribution is 2.15. The minimum Gasteiger partial charge on any atom is -0.346 e. The number of halogens is 2. The summed E-state index contributed by atoms with van der Waals surface area (Å²) >= 11 is 0. The van der Waals surface area contributed by atoms with Crippen molar-refractivity contribution >= 4 is 16.8 Å². The number of hydrogen-bond donors (Lipinski definition) is 1. The van der Waals surface area contributed by atoms with Crippen molar-refractivity contribution in [2.75, 3.05) is 0 Å². The van der Waals surface area contributed by atoms with Crippen molar-refractivity contribution in [1.29, 1.82) is 0 Å². The fourth-order valence-corrected chi connectivity index (χ4v) is 3.02. The number of rotatable bonds is 4. The molecule has 0 atom stereocenters. The van der Waals surface area contributed by atoms with Gasteiger partial charge in [-0.15, -0.1) is 0 Å². The number of hydrogen-bond acceptors (Lipinski definition) is 3. The van der Waals surface area contributed by atoms with Gasteiger partial charge in [-0.3, -0.25) is 9.59 Å². The molecule has 7 heteroatoms. The van der Waals surface area contributed by atoms with Crippen molar-refractivity contribution in [3.63, 3.8) is 0 Å². The van der Waals surface area contributed by atoms with Crippen molar-refractivity contribution < 1.29 is 13.6 Å². The zero-order chi connectivity index (χ0) is 20.4. The lowest BCUT2D eigenvalue weighted by atomic mass is 10.1. The molecule has 1 aromatic heterocycles. The molecule has 0 aliphatic heterocycles. The largest absolute Gasteiger partial charge is 0.346 e. The first-order valence-corrected chi connectivity index (χ1v) is 8.84. The van der Waals surface area contributed by atoms with Crippen LogP contribution in [-0.2, 0) is 6.54 Å². The molecule has 144 valence electrons. The molecule has 0 spiro atoms. The summed E-state index contributed by atoms with van der Waals surface area (Å²) in [6, 6.07) is 19.0. The van der Waals surface area contributed by atoms with Crippen molar-refractivity contribution in [2.45, 2.75) is 6.54 Å². The van der Waals surface area contributed by atoms with Gasteiger partial charge in [0, 0.05) is 18.2 Å². The van der Waals surface area contributed by atoms with Gasteiger partial charge in [0.25, 0.3) is 5.91 Å². The van der Waals surface area contributed by atoms with E-state index in [1.54, 1.807) is 36.4 Å². The first-order chi connectivity index (χ1) is 14.0. The molecule has 4 rings (SSSR count). The van der Waals surface area contributed by atoms with E-state index in [1.807, 2.05) is 18.2 Å². The van der Waals surface area contributed by atoms with E-state index in [-0.39, 0.29) is 17.8 Å². The zero-order valence-electron chi connectivity index (χ0n) is 15.1. The van der Waals surface area contributed by atoms with Crippen LogP contribution in [0.25, 0.3) is 16.6 Å². The summed E-state index contributed by atoms with van der Waals surface area (Å²) in [7, 11) is 0. The number of carbonyl (C=O) groups is 1. The van der Waals surface area contributed by atoms with Crippen LogP contribution in [0.15, 0.2) is 77.6 Å². The van der Waals surface area contributed by atoms with Crippen LogP contribution in [-0.4, -0.2) is 15.7 Å². The molecule has 0 saturated carbocycles. The lowest BCUT2D eigenvalue weighted by molar-refractivity contribution is 0.0943. The maximum atomic E-state index is 13.8. The Balaban J connectivity index is 1.74. The van der Waals surface area contributed by atoms with Gasteiger partial charge in [-0.05, 0) is 30.3 Å². The van der Waals surface area contributed by atoms with Gasteiger partial charge in [-0.25, -0.2) is 13.5 Å². The Morgan fingerprint density at radius 1 is 0.966 bits per heavy atom. The molecule has 0 bridgehead atoms. The summed E-state index contributed by atoms with van der Waals surface area (Å²) in [5.41, 5.74) is 0.510. The molecule has 0 saturated heterocycles. The highest BCUT2D eigenvalue weighted by atomic mass is 19.1. The van der Waals surface area contributed by atoms with Crippen LogP contribution in [0.2, 0.25) is 0 Å². The Labute approximate surface area is 164 Å². The predicted molar refractivity (Wildman–Crippen MR) is 105 cm³/mol. The topological polar surface area (TPSA) is 64.0 Å². The highest BCUT2D eigenvalue weighted by molar-refractivity contribution is 5.95. The second-order valence-corrected chi connectivity index (χ2v) is 6.36. The number of nitrogens with one attached hydrogen (secondary N) is 1. The van der Waals surface area contributed by atoms with Crippen LogP contribution in [0.4, 0.5) is 8.78 Å². The fraction of sp³-hybridized carbons (Fsp3) is 0.0455. The lowest BCUT2D eigenvalue weighted by Gasteiger charge is -2.12. The highest BCUT2D eigenvalue weighted by Gasteiger charge is 2.18. The smallest absolute Gasteiger partial charge is 0.276 e. The molecule has 0 radical (unpaired) electrons. The van der Waals surface area contributed by atoms with Gasteiger partial charge in [-0.1, -0.05) is 36.4 Å². The molecule has 0 aliphatic carbocycles. The van der Waals surface area contributed by atoms with Crippen LogP contribution >= 0.6 is 0 Å². The molecule has 4 aromatic rings. The van der Waals surface area contributed by atoms with E-state index in [1.165, 1.54) is 10.7 Å². The number of aromatic nitrogens is 2. The normalized spacial score (nSPS) is 10.8. The summed E-state index contributed by atoms with van der Waals surface area (Å²) in [5, 5.41) is 7.08. The van der Waals surface area contributed by atoms with E-state index in [0.717, 1.165) is 12.1 Å². The molecule has 0 fully saturated rings. The monoisotopic (exact) mass is 391 g/mol. The van der Waals surface area contributed by atoms with E-state index in [2.05, 4.69) is 10.4 Å². The Morgan fingerprint density at radius 2 is 1.69 bits per heavy atom. The van der Waals surface area contributed by atoms with E-state index in [0.29, 0.717) is 16.6 Å². The van der Waals surface area contributed by atoms with Crippen LogP contribution in [0.1, 0.15) is 16.1 Å². The third kappa shape index (κ3) is 3.62. The van der Waals surface area contributed by atoms with Gasteiger partial charge < -0.3 is 5.32 Å². The quantitative estimate of drug-likeness (QED) is 0.578. The van der Waals surface area contributed by atoms with Gasteiger partial charge in [0.15, 0.2) is 5.69 Å². The van der Waals surface area contributed by atoms with Crippen molar-refractivity contribution in [2.24, 2.45) is 0 Å². The van der Waals surface area contributed by atoms with E-state index in [9.17, 15) is 18.4 Å². The molecular formula is C22H15F2N3O2. The standard InChI is InChI=1S/C22H15F2N3O2/c23-15-11-10-14(18(24)12-15)13-25-22(29)20-21(28)17-8-4-5-9-19(17)27(26-20)16-6-2-1-3-7-16/h1-12H,13H2,(H,25,29). The Hall–Kier alpha value is -3.87. The lowest BCUT2D eigenvalue weighted by Crippen LogP contribution is -2.31. The van der Waals surface area contributed by atoms with Crippen molar-refractivity contribution in [1.82, 2.24) is 15.1 Å². The number of fused-ring (bicyclic) bond motifs is 1. The third-order valence-corrected chi connectivity index (χ3v) is 4.46. The van der Waals surface area contributed by atoms with Gasteiger partial charge in [0.1, 0.15) is 11.6 Å². The first kappa shape index (κ1) is 18.5. The van der Waals surface area contributed by atoms with Gasteiger partial charge in [0.05, 0.1) is 16.6 Å². The van der Waals surface area contributed by atoms with E-state index < -0.39 is 23.0 Å². The second-order valence-electron chi connectivity index (χ2n) is 6.36. The number of amides is 1. The SMILES string of the molecule is O=C(NCc1ccc(F)cc1F)c1nn(-c2ccccc2)c2ccccc2c1=O. The van der Waals surface area contributed by atoms with Crippen LogP contribution < -0.4 is 10.7 Å². The fourth-order valence-electron chi connectivity index (χ4n) is 3.02.